The zero-order valence-corrected chi connectivity index (χ0v) is 8.16. The summed E-state index contributed by atoms with van der Waals surface area (Å²) in [7, 11) is 0. The van der Waals surface area contributed by atoms with Crippen LogP contribution in [0.1, 0.15) is 0 Å². The van der Waals surface area contributed by atoms with E-state index in [0.29, 0.717) is 0 Å². The number of halogens is 6. The highest BCUT2D eigenvalue weighted by atomic mass is 19.2. The lowest BCUT2D eigenvalue weighted by atomic mass is 10.1. The quantitative estimate of drug-likeness (QED) is 0.438. The van der Waals surface area contributed by atoms with Gasteiger partial charge in [-0.05, 0) is 0 Å². The van der Waals surface area contributed by atoms with Gasteiger partial charge in [-0.2, -0.15) is 8.78 Å². The smallest absolute Gasteiger partial charge is 0.204 e. The highest BCUT2D eigenvalue weighted by Crippen LogP contribution is 2.40. The molecule has 0 amide bonds. The molecule has 2 N–H and O–H groups in total. The number of fused-ring (bicyclic) bond motifs is 1. The molecule has 0 spiro atoms. The summed E-state index contributed by atoms with van der Waals surface area (Å²) in [5, 5.41) is 14.7. The van der Waals surface area contributed by atoms with Crippen LogP contribution < -0.4 is 0 Å². The van der Waals surface area contributed by atoms with Crippen LogP contribution in [0.5, 0.6) is 11.5 Å². The van der Waals surface area contributed by atoms with Crippen molar-refractivity contribution in [1.82, 2.24) is 0 Å². The molecule has 0 aromatic heterocycles. The van der Waals surface area contributed by atoms with E-state index in [2.05, 4.69) is 0 Å². The minimum atomic E-state index is -2.27. The molecule has 2 nitrogen and oxygen atoms in total. The van der Waals surface area contributed by atoms with Crippen molar-refractivity contribution in [3.8, 4) is 11.5 Å². The Hall–Kier alpha value is -2.12. The van der Waals surface area contributed by atoms with E-state index >= 15 is 0 Å². The van der Waals surface area contributed by atoms with E-state index in [1.54, 1.807) is 0 Å². The second-order valence-electron chi connectivity index (χ2n) is 3.33. The van der Waals surface area contributed by atoms with Crippen molar-refractivity contribution >= 4 is 10.8 Å². The summed E-state index contributed by atoms with van der Waals surface area (Å²) in [5.74, 6) is -16.6. The molecule has 8 heteroatoms. The maximum atomic E-state index is 13.3. The second-order valence-corrected chi connectivity index (χ2v) is 3.33. The van der Waals surface area contributed by atoms with E-state index in [0.717, 1.165) is 0 Å². The number of hydrogen-bond acceptors (Lipinski definition) is 2. The number of phenols is 2. The van der Waals surface area contributed by atoms with Crippen molar-refractivity contribution in [1.29, 1.82) is 0 Å². The Morgan fingerprint density at radius 1 is 0.444 bits per heavy atom. The van der Waals surface area contributed by atoms with Gasteiger partial charge in [0.2, 0.25) is 11.6 Å². The van der Waals surface area contributed by atoms with Crippen molar-refractivity contribution < 1.29 is 36.6 Å². The molecule has 0 bridgehead atoms. The van der Waals surface area contributed by atoms with Crippen LogP contribution in [-0.2, 0) is 0 Å². The SMILES string of the molecule is Oc1c(F)c(F)c2c(O)c(F)c(F)c(F)c2c1F. The second kappa shape index (κ2) is 3.69. The molecule has 96 valence electrons. The van der Waals surface area contributed by atoms with Crippen LogP contribution in [-0.4, -0.2) is 10.2 Å². The fourth-order valence-electron chi connectivity index (χ4n) is 1.50. The highest BCUT2D eigenvalue weighted by Gasteiger charge is 2.29. The third-order valence-corrected chi connectivity index (χ3v) is 2.35. The minimum Gasteiger partial charge on any atom is -0.504 e. The molecular weight excluding hydrogens is 266 g/mol. The van der Waals surface area contributed by atoms with Crippen LogP contribution >= 0.6 is 0 Å². The van der Waals surface area contributed by atoms with E-state index in [1.807, 2.05) is 0 Å². The molecule has 2 rings (SSSR count). The summed E-state index contributed by atoms with van der Waals surface area (Å²) >= 11 is 0. The van der Waals surface area contributed by atoms with Crippen LogP contribution in [0.15, 0.2) is 0 Å². The fourth-order valence-corrected chi connectivity index (χ4v) is 1.50. The van der Waals surface area contributed by atoms with Crippen molar-refractivity contribution in [2.45, 2.75) is 0 Å². The summed E-state index contributed by atoms with van der Waals surface area (Å²) in [5.41, 5.74) is 0. The van der Waals surface area contributed by atoms with Crippen LogP contribution in [0.2, 0.25) is 0 Å². The standard InChI is InChI=1S/C10H2F6O2/c11-3-1-2(9(17)8(16)6(3)14)4(12)7(15)10(18)5(1)13/h17-18H. The number of phenolic OH excluding ortho intramolecular Hbond substituents is 2. The Morgan fingerprint density at radius 2 is 0.889 bits per heavy atom. The lowest BCUT2D eigenvalue weighted by Crippen LogP contribution is -2.01. The van der Waals surface area contributed by atoms with Gasteiger partial charge in [-0.1, -0.05) is 0 Å². The molecule has 2 aromatic rings. The lowest BCUT2D eigenvalue weighted by molar-refractivity contribution is 0.370. The summed E-state index contributed by atoms with van der Waals surface area (Å²) in [4.78, 5) is 0. The van der Waals surface area contributed by atoms with Crippen molar-refractivity contribution in [3.63, 3.8) is 0 Å². The van der Waals surface area contributed by atoms with E-state index in [4.69, 9.17) is 10.2 Å². The van der Waals surface area contributed by atoms with Crippen LogP contribution in [0.25, 0.3) is 10.8 Å². The number of benzene rings is 2. The van der Waals surface area contributed by atoms with Gasteiger partial charge < -0.3 is 10.2 Å². The third-order valence-electron chi connectivity index (χ3n) is 2.35. The average Bonchev–Trinajstić information content (AvgIpc) is 2.35. The van der Waals surface area contributed by atoms with Crippen molar-refractivity contribution in [2.24, 2.45) is 0 Å². The minimum absolute atomic E-state index is 1.53. The predicted octanol–water partition coefficient (Wildman–Crippen LogP) is 3.09. The Balaban J connectivity index is 3.22. The Bertz CT molecular complexity index is 569. The first kappa shape index (κ1) is 12.3. The highest BCUT2D eigenvalue weighted by molar-refractivity contribution is 5.91. The predicted molar refractivity (Wildman–Crippen MR) is 47.0 cm³/mol. The van der Waals surface area contributed by atoms with E-state index in [9.17, 15) is 26.3 Å². The molecule has 0 aliphatic heterocycles. The Morgan fingerprint density at radius 3 is 1.44 bits per heavy atom. The van der Waals surface area contributed by atoms with Gasteiger partial charge in [-0.15, -0.1) is 0 Å². The molecule has 2 aromatic carbocycles. The largest absolute Gasteiger partial charge is 0.504 e. The molecule has 0 unspecified atom stereocenters. The number of hydrogen-bond donors (Lipinski definition) is 2. The maximum absolute atomic E-state index is 13.3. The first-order chi connectivity index (χ1) is 8.29. The van der Waals surface area contributed by atoms with Crippen molar-refractivity contribution in [3.05, 3.63) is 34.9 Å². The number of aromatic hydroxyl groups is 2. The summed E-state index contributed by atoms with van der Waals surface area (Å²) < 4.78 is 78.6. The molecule has 0 fully saturated rings. The molecule has 18 heavy (non-hydrogen) atoms. The first-order valence-electron chi connectivity index (χ1n) is 4.33. The van der Waals surface area contributed by atoms with E-state index in [-0.39, 0.29) is 0 Å². The van der Waals surface area contributed by atoms with Gasteiger partial charge in [0.25, 0.3) is 0 Å². The molecule has 0 radical (unpaired) electrons. The van der Waals surface area contributed by atoms with Gasteiger partial charge in [-0.25, -0.2) is 17.6 Å². The zero-order chi connectivity index (χ0) is 13.8. The number of rotatable bonds is 0. The first-order valence-corrected chi connectivity index (χ1v) is 4.33. The monoisotopic (exact) mass is 268 g/mol. The van der Waals surface area contributed by atoms with Crippen LogP contribution in [0.4, 0.5) is 26.3 Å². The summed E-state index contributed by atoms with van der Waals surface area (Å²) in [6.07, 6.45) is 0. The summed E-state index contributed by atoms with van der Waals surface area (Å²) in [6, 6.07) is 0. The molecule has 0 heterocycles. The van der Waals surface area contributed by atoms with Gasteiger partial charge in [0.05, 0.1) is 10.8 Å². The molecule has 0 aliphatic carbocycles. The normalized spacial score (nSPS) is 11.2. The fraction of sp³-hybridized carbons (Fsp3) is 0. The van der Waals surface area contributed by atoms with Gasteiger partial charge in [0, 0.05) is 0 Å². The van der Waals surface area contributed by atoms with Gasteiger partial charge >= 0.3 is 0 Å². The molecular formula is C10H2F6O2. The van der Waals surface area contributed by atoms with Crippen molar-refractivity contribution in [2.75, 3.05) is 0 Å². The molecule has 0 atom stereocenters. The van der Waals surface area contributed by atoms with E-state index < -0.39 is 57.2 Å². The van der Waals surface area contributed by atoms with Crippen LogP contribution in [0, 0.1) is 34.9 Å². The summed E-state index contributed by atoms with van der Waals surface area (Å²) in [6.45, 7) is 0. The Kier molecular flexibility index (Phi) is 2.53. The van der Waals surface area contributed by atoms with E-state index in [1.165, 1.54) is 0 Å². The zero-order valence-electron chi connectivity index (χ0n) is 8.16. The van der Waals surface area contributed by atoms with Crippen LogP contribution in [0.3, 0.4) is 0 Å². The molecule has 0 saturated carbocycles. The molecule has 0 aliphatic rings. The Labute approximate surface area is 94.7 Å². The van der Waals surface area contributed by atoms with Gasteiger partial charge in [0.1, 0.15) is 0 Å². The third kappa shape index (κ3) is 1.31. The average molecular weight is 268 g/mol. The van der Waals surface area contributed by atoms with Gasteiger partial charge in [0.15, 0.2) is 34.8 Å². The molecule has 0 saturated heterocycles. The van der Waals surface area contributed by atoms with Gasteiger partial charge in [-0.3, -0.25) is 0 Å². The topological polar surface area (TPSA) is 40.5 Å². The lowest BCUT2D eigenvalue weighted by Gasteiger charge is -2.09. The maximum Gasteiger partial charge on any atom is 0.204 e.